The lowest BCUT2D eigenvalue weighted by Gasteiger charge is -2.18. The lowest BCUT2D eigenvalue weighted by atomic mass is 10.1. The molecule has 1 aliphatic heterocycles. The second-order valence-electron chi connectivity index (χ2n) is 7.96. The number of para-hydroxylation sites is 1. The molecule has 1 heterocycles. The highest BCUT2D eigenvalue weighted by atomic mass is 32.2. The maximum absolute atomic E-state index is 13.0. The maximum Gasteiger partial charge on any atom is 0.261 e. The molecule has 0 atom stereocenters. The van der Waals surface area contributed by atoms with Gasteiger partial charge in [-0.1, -0.05) is 18.2 Å². The van der Waals surface area contributed by atoms with Gasteiger partial charge in [0, 0.05) is 24.5 Å². The van der Waals surface area contributed by atoms with Gasteiger partial charge in [0.05, 0.1) is 22.5 Å². The lowest BCUT2D eigenvalue weighted by molar-refractivity contribution is 0.0789. The first-order chi connectivity index (χ1) is 16.7. The van der Waals surface area contributed by atoms with Crippen LogP contribution in [0, 0.1) is 0 Å². The number of sulfonamides is 2. The minimum atomic E-state index is -4.06. The Balaban J connectivity index is 1.54. The number of hydrogen-bond donors (Lipinski definition) is 2. The summed E-state index contributed by atoms with van der Waals surface area (Å²) < 4.78 is 61.4. The Hall–Kier alpha value is -3.57. The van der Waals surface area contributed by atoms with E-state index >= 15 is 0 Å². The third-order valence-electron chi connectivity index (χ3n) is 5.55. The molecule has 0 unspecified atom stereocenters. The Morgan fingerprint density at radius 1 is 0.771 bits per heavy atom. The average Bonchev–Trinajstić information content (AvgIpc) is 3.39. The highest BCUT2D eigenvalue weighted by molar-refractivity contribution is 7.93. The minimum absolute atomic E-state index is 0.0211. The summed E-state index contributed by atoms with van der Waals surface area (Å²) in [6.07, 6.45) is 1.81. The molecule has 1 amide bonds. The molecule has 0 radical (unpaired) electrons. The predicted octanol–water partition coefficient (Wildman–Crippen LogP) is 3.53. The van der Waals surface area contributed by atoms with Gasteiger partial charge >= 0.3 is 0 Å². The Morgan fingerprint density at radius 2 is 1.31 bits per heavy atom. The fourth-order valence-electron chi connectivity index (χ4n) is 3.75. The number of nitrogens with zero attached hydrogens (tertiary/aromatic N) is 1. The van der Waals surface area contributed by atoms with Crippen LogP contribution in [0.2, 0.25) is 0 Å². The molecular formula is C24H25N3O6S2. The van der Waals surface area contributed by atoms with Crippen LogP contribution in [-0.4, -0.2) is 47.8 Å². The highest BCUT2D eigenvalue weighted by Gasteiger charge is 2.25. The predicted molar refractivity (Wildman–Crippen MR) is 133 cm³/mol. The van der Waals surface area contributed by atoms with Crippen molar-refractivity contribution in [3.05, 3.63) is 78.4 Å². The van der Waals surface area contributed by atoms with E-state index in [0.29, 0.717) is 24.5 Å². The Morgan fingerprint density at radius 3 is 1.91 bits per heavy atom. The summed E-state index contributed by atoms with van der Waals surface area (Å²) in [7, 11) is -6.47. The lowest BCUT2D eigenvalue weighted by Crippen LogP contribution is -2.28. The minimum Gasteiger partial charge on any atom is -0.496 e. The van der Waals surface area contributed by atoms with Crippen LogP contribution in [0.1, 0.15) is 23.2 Å². The number of carbonyl (C=O) groups is 1. The normalized spacial score (nSPS) is 13.9. The SMILES string of the molecule is COc1ccc(S(=O)(=O)Nc2ccc(S(=O)(=O)Nc3ccccc3)cc2)cc1C(=O)N1CCCC1. The topological polar surface area (TPSA) is 122 Å². The van der Waals surface area contributed by atoms with Gasteiger partial charge in [0.1, 0.15) is 5.75 Å². The Kier molecular flexibility index (Phi) is 6.99. The first-order valence-electron chi connectivity index (χ1n) is 10.9. The van der Waals surface area contributed by atoms with Crippen molar-refractivity contribution in [3.8, 4) is 5.75 Å². The molecule has 0 aromatic heterocycles. The van der Waals surface area contributed by atoms with E-state index in [2.05, 4.69) is 9.44 Å². The van der Waals surface area contributed by atoms with Gasteiger partial charge in [-0.05, 0) is 67.4 Å². The van der Waals surface area contributed by atoms with Crippen LogP contribution >= 0.6 is 0 Å². The van der Waals surface area contributed by atoms with Crippen LogP contribution in [0.4, 0.5) is 11.4 Å². The summed E-state index contributed by atoms with van der Waals surface area (Å²) >= 11 is 0. The van der Waals surface area contributed by atoms with E-state index in [-0.39, 0.29) is 26.9 Å². The van der Waals surface area contributed by atoms with E-state index in [9.17, 15) is 21.6 Å². The van der Waals surface area contributed by atoms with Crippen LogP contribution < -0.4 is 14.2 Å². The standard InChI is InChI=1S/C24H25N3O6S2/c1-33-23-14-13-21(17-22(23)24(28)27-15-5-6-16-27)35(31,32)26-19-9-11-20(12-10-19)34(29,30)25-18-7-3-2-4-8-18/h2-4,7-14,17,25-26H,5-6,15-16H2,1H3. The number of ether oxygens (including phenoxy) is 1. The van der Waals surface area contributed by atoms with Crippen LogP contribution in [0.3, 0.4) is 0 Å². The van der Waals surface area contributed by atoms with Crippen molar-refractivity contribution >= 4 is 37.3 Å². The summed E-state index contributed by atoms with van der Waals surface area (Å²) in [5.74, 6) is 0.0122. The van der Waals surface area contributed by atoms with Gasteiger partial charge in [0.15, 0.2) is 0 Å². The summed E-state index contributed by atoms with van der Waals surface area (Å²) in [6, 6.07) is 17.9. The fourth-order valence-corrected chi connectivity index (χ4v) is 5.89. The van der Waals surface area contributed by atoms with E-state index in [1.54, 1.807) is 35.2 Å². The molecule has 4 rings (SSSR count). The molecule has 0 bridgehead atoms. The molecule has 9 nitrogen and oxygen atoms in total. The van der Waals surface area contributed by atoms with E-state index < -0.39 is 20.0 Å². The van der Waals surface area contributed by atoms with Gasteiger partial charge in [-0.25, -0.2) is 16.8 Å². The molecule has 11 heteroatoms. The molecule has 0 spiro atoms. The van der Waals surface area contributed by atoms with Gasteiger partial charge in [0.2, 0.25) is 0 Å². The molecule has 1 fully saturated rings. The summed E-state index contributed by atoms with van der Waals surface area (Å²) in [6.45, 7) is 1.23. The van der Waals surface area contributed by atoms with Gasteiger partial charge in [-0.15, -0.1) is 0 Å². The van der Waals surface area contributed by atoms with Crippen molar-refractivity contribution in [2.24, 2.45) is 0 Å². The third kappa shape index (κ3) is 5.57. The molecule has 0 saturated carbocycles. The quantitative estimate of drug-likeness (QED) is 0.473. The number of likely N-dealkylation sites (tertiary alicyclic amines) is 1. The van der Waals surface area contributed by atoms with Gasteiger partial charge in [0.25, 0.3) is 26.0 Å². The number of methoxy groups -OCH3 is 1. The van der Waals surface area contributed by atoms with Gasteiger partial charge < -0.3 is 9.64 Å². The zero-order valence-corrected chi connectivity index (χ0v) is 20.6. The number of hydrogen-bond acceptors (Lipinski definition) is 6. The third-order valence-corrected chi connectivity index (χ3v) is 8.32. The van der Waals surface area contributed by atoms with Crippen molar-refractivity contribution in [1.82, 2.24) is 4.90 Å². The zero-order chi connectivity index (χ0) is 25.1. The summed E-state index contributed by atoms with van der Waals surface area (Å²) in [5.41, 5.74) is 0.758. The second kappa shape index (κ2) is 9.96. The second-order valence-corrected chi connectivity index (χ2v) is 11.3. The van der Waals surface area contributed by atoms with E-state index in [4.69, 9.17) is 4.74 Å². The van der Waals surface area contributed by atoms with Crippen molar-refractivity contribution in [2.75, 3.05) is 29.6 Å². The molecule has 3 aromatic carbocycles. The molecular weight excluding hydrogens is 490 g/mol. The van der Waals surface area contributed by atoms with E-state index in [0.717, 1.165) is 12.8 Å². The van der Waals surface area contributed by atoms with Gasteiger partial charge in [-0.2, -0.15) is 0 Å². The van der Waals surface area contributed by atoms with E-state index in [1.807, 2.05) is 0 Å². The number of amides is 1. The van der Waals surface area contributed by atoms with Crippen LogP contribution in [-0.2, 0) is 20.0 Å². The van der Waals surface area contributed by atoms with Crippen LogP contribution in [0.5, 0.6) is 5.75 Å². The summed E-state index contributed by atoms with van der Waals surface area (Å²) in [5, 5.41) is 0. The maximum atomic E-state index is 13.0. The van der Waals surface area contributed by atoms with E-state index in [1.165, 1.54) is 49.6 Å². The number of nitrogens with one attached hydrogen (secondary N) is 2. The highest BCUT2D eigenvalue weighted by Crippen LogP contribution is 2.27. The number of benzene rings is 3. The molecule has 0 aliphatic carbocycles. The Bertz CT molecular complexity index is 1420. The van der Waals surface area contributed by atoms with Crippen LogP contribution in [0.15, 0.2) is 82.6 Å². The molecule has 1 saturated heterocycles. The van der Waals surface area contributed by atoms with Crippen molar-refractivity contribution in [2.45, 2.75) is 22.6 Å². The summed E-state index contributed by atoms with van der Waals surface area (Å²) in [4.78, 5) is 14.4. The molecule has 2 N–H and O–H groups in total. The first-order valence-corrected chi connectivity index (χ1v) is 13.8. The number of carbonyl (C=O) groups excluding carboxylic acids is 1. The van der Waals surface area contributed by atoms with Crippen molar-refractivity contribution in [1.29, 1.82) is 0 Å². The smallest absolute Gasteiger partial charge is 0.261 e. The average molecular weight is 516 g/mol. The zero-order valence-electron chi connectivity index (χ0n) is 19.0. The van der Waals surface area contributed by atoms with Crippen molar-refractivity contribution in [3.63, 3.8) is 0 Å². The molecule has 184 valence electrons. The van der Waals surface area contributed by atoms with Crippen LogP contribution in [0.25, 0.3) is 0 Å². The monoisotopic (exact) mass is 515 g/mol. The number of rotatable bonds is 8. The molecule has 1 aliphatic rings. The first kappa shape index (κ1) is 24.6. The Labute approximate surface area is 204 Å². The van der Waals surface area contributed by atoms with Crippen molar-refractivity contribution < 1.29 is 26.4 Å². The fraction of sp³-hybridized carbons (Fsp3) is 0.208. The molecule has 3 aromatic rings. The largest absolute Gasteiger partial charge is 0.496 e. The number of anilines is 2. The molecule has 35 heavy (non-hydrogen) atoms. The van der Waals surface area contributed by atoms with Gasteiger partial charge in [-0.3, -0.25) is 14.2 Å².